The molecule has 0 unspecified atom stereocenters. The molecule has 1 aliphatic carbocycles. The summed E-state index contributed by atoms with van der Waals surface area (Å²) in [5.41, 5.74) is 6.95. The van der Waals surface area contributed by atoms with Gasteiger partial charge in [0, 0.05) is 11.8 Å². The zero-order chi connectivity index (χ0) is 14.6. The first-order valence-electron chi connectivity index (χ1n) is 7.41. The van der Waals surface area contributed by atoms with Crippen molar-refractivity contribution in [1.29, 1.82) is 0 Å². The van der Waals surface area contributed by atoms with Gasteiger partial charge < -0.3 is 15.2 Å². The number of nitrogens with zero attached hydrogens (tertiary/aromatic N) is 2. The molecule has 1 aromatic rings. The van der Waals surface area contributed by atoms with Gasteiger partial charge in [-0.1, -0.05) is 19.3 Å². The summed E-state index contributed by atoms with van der Waals surface area (Å²) < 4.78 is 11.3. The second-order valence-corrected chi connectivity index (χ2v) is 6.01. The Hall–Kier alpha value is -1.36. The molecule has 5 nitrogen and oxygen atoms in total. The predicted octanol–water partition coefficient (Wildman–Crippen LogP) is 2.61. The summed E-state index contributed by atoms with van der Waals surface area (Å²) in [6, 6.07) is 2.17. The molecule has 0 bridgehead atoms. The standard InChI is InChI=1S/C15H25N3O2/c1-11(2)20-13-9-12(3)17-14(18-13)19-10-15(16)7-5-4-6-8-15/h9,11H,4-8,10,16H2,1-3H3. The summed E-state index contributed by atoms with van der Waals surface area (Å²) in [4.78, 5) is 8.57. The molecule has 0 aliphatic heterocycles. The van der Waals surface area contributed by atoms with Crippen LogP contribution >= 0.6 is 0 Å². The lowest BCUT2D eigenvalue weighted by molar-refractivity contribution is 0.160. The minimum atomic E-state index is -0.232. The van der Waals surface area contributed by atoms with Gasteiger partial charge in [-0.15, -0.1) is 0 Å². The highest BCUT2D eigenvalue weighted by Crippen LogP contribution is 2.26. The van der Waals surface area contributed by atoms with Gasteiger partial charge in [-0.3, -0.25) is 0 Å². The monoisotopic (exact) mass is 279 g/mol. The second-order valence-electron chi connectivity index (χ2n) is 6.01. The lowest BCUT2D eigenvalue weighted by Crippen LogP contribution is -2.47. The molecular weight excluding hydrogens is 254 g/mol. The zero-order valence-electron chi connectivity index (χ0n) is 12.7. The normalized spacial score (nSPS) is 18.1. The number of aryl methyl sites for hydroxylation is 1. The summed E-state index contributed by atoms with van der Waals surface area (Å²) in [6.07, 6.45) is 5.72. The van der Waals surface area contributed by atoms with Gasteiger partial charge >= 0.3 is 6.01 Å². The van der Waals surface area contributed by atoms with Crippen molar-refractivity contribution in [3.05, 3.63) is 11.8 Å². The van der Waals surface area contributed by atoms with Crippen LogP contribution in [-0.2, 0) is 0 Å². The van der Waals surface area contributed by atoms with Crippen LogP contribution in [0.25, 0.3) is 0 Å². The third kappa shape index (κ3) is 4.34. The molecule has 0 amide bonds. The van der Waals surface area contributed by atoms with Crippen molar-refractivity contribution in [1.82, 2.24) is 9.97 Å². The smallest absolute Gasteiger partial charge is 0.320 e. The topological polar surface area (TPSA) is 70.3 Å². The maximum Gasteiger partial charge on any atom is 0.320 e. The van der Waals surface area contributed by atoms with Gasteiger partial charge in [-0.05, 0) is 33.6 Å². The highest BCUT2D eigenvalue weighted by molar-refractivity contribution is 5.18. The van der Waals surface area contributed by atoms with Gasteiger partial charge in [0.15, 0.2) is 0 Å². The first kappa shape index (κ1) is 15.0. The van der Waals surface area contributed by atoms with Crippen molar-refractivity contribution in [2.45, 2.75) is 64.5 Å². The van der Waals surface area contributed by atoms with Crippen molar-refractivity contribution in [3.63, 3.8) is 0 Å². The van der Waals surface area contributed by atoms with Crippen molar-refractivity contribution in [2.75, 3.05) is 6.61 Å². The van der Waals surface area contributed by atoms with E-state index in [-0.39, 0.29) is 11.6 Å². The fraction of sp³-hybridized carbons (Fsp3) is 0.733. The summed E-state index contributed by atoms with van der Waals surface area (Å²) in [5.74, 6) is 0.553. The molecule has 0 atom stereocenters. The van der Waals surface area contributed by atoms with E-state index in [0.29, 0.717) is 18.5 Å². The number of aromatic nitrogens is 2. The van der Waals surface area contributed by atoms with Crippen molar-refractivity contribution >= 4 is 0 Å². The maximum absolute atomic E-state index is 6.35. The molecule has 0 spiro atoms. The zero-order valence-corrected chi connectivity index (χ0v) is 12.7. The second kappa shape index (κ2) is 6.39. The molecule has 20 heavy (non-hydrogen) atoms. The van der Waals surface area contributed by atoms with Gasteiger partial charge in [0.05, 0.1) is 11.6 Å². The van der Waals surface area contributed by atoms with Crippen LogP contribution in [0.2, 0.25) is 0 Å². The maximum atomic E-state index is 6.35. The molecule has 0 radical (unpaired) electrons. The Balaban J connectivity index is 1.99. The van der Waals surface area contributed by atoms with Crippen LogP contribution in [0.1, 0.15) is 51.6 Å². The van der Waals surface area contributed by atoms with E-state index in [0.717, 1.165) is 18.5 Å². The Kier molecular flexibility index (Phi) is 4.81. The molecule has 2 N–H and O–H groups in total. The van der Waals surface area contributed by atoms with Crippen LogP contribution in [0.3, 0.4) is 0 Å². The van der Waals surface area contributed by atoms with Crippen LogP contribution < -0.4 is 15.2 Å². The fourth-order valence-electron chi connectivity index (χ4n) is 2.49. The van der Waals surface area contributed by atoms with E-state index in [1.165, 1.54) is 19.3 Å². The average molecular weight is 279 g/mol. The van der Waals surface area contributed by atoms with Crippen molar-refractivity contribution in [2.24, 2.45) is 5.73 Å². The molecule has 112 valence electrons. The highest BCUT2D eigenvalue weighted by atomic mass is 16.5. The van der Waals surface area contributed by atoms with Crippen LogP contribution in [0.15, 0.2) is 6.07 Å². The Morgan fingerprint density at radius 2 is 1.95 bits per heavy atom. The first-order chi connectivity index (χ1) is 9.47. The molecule has 1 heterocycles. The molecule has 2 rings (SSSR count). The fourth-order valence-corrected chi connectivity index (χ4v) is 2.49. The van der Waals surface area contributed by atoms with E-state index >= 15 is 0 Å². The first-order valence-corrected chi connectivity index (χ1v) is 7.41. The predicted molar refractivity (Wildman–Crippen MR) is 78.0 cm³/mol. The van der Waals surface area contributed by atoms with Crippen molar-refractivity contribution in [3.8, 4) is 11.9 Å². The van der Waals surface area contributed by atoms with Crippen molar-refractivity contribution < 1.29 is 9.47 Å². The molecule has 1 fully saturated rings. The SMILES string of the molecule is Cc1cc(OC(C)C)nc(OCC2(N)CCCCC2)n1. The number of nitrogens with two attached hydrogens (primary N) is 1. The van der Waals surface area contributed by atoms with Crippen LogP contribution in [0.4, 0.5) is 0 Å². The van der Waals surface area contributed by atoms with Crippen LogP contribution in [-0.4, -0.2) is 28.2 Å². The summed E-state index contributed by atoms with van der Waals surface area (Å²) in [7, 11) is 0. The Morgan fingerprint density at radius 1 is 1.25 bits per heavy atom. The van der Waals surface area contributed by atoms with Crippen LogP contribution in [0.5, 0.6) is 11.9 Å². The minimum Gasteiger partial charge on any atom is -0.475 e. The molecule has 1 aromatic heterocycles. The molecule has 1 aliphatic rings. The van der Waals surface area contributed by atoms with E-state index in [1.807, 2.05) is 26.8 Å². The summed E-state index contributed by atoms with van der Waals surface area (Å²) >= 11 is 0. The number of ether oxygens (including phenoxy) is 2. The van der Waals surface area contributed by atoms with Gasteiger partial charge in [0.1, 0.15) is 6.61 Å². The molecular formula is C15H25N3O2. The largest absolute Gasteiger partial charge is 0.475 e. The van der Waals surface area contributed by atoms with E-state index < -0.39 is 0 Å². The van der Waals surface area contributed by atoms with Gasteiger partial charge in [0.2, 0.25) is 5.88 Å². The summed E-state index contributed by atoms with van der Waals surface area (Å²) in [5, 5.41) is 0. The molecule has 0 saturated heterocycles. The molecule has 5 heteroatoms. The van der Waals surface area contributed by atoms with E-state index in [2.05, 4.69) is 9.97 Å². The number of hydrogen-bond acceptors (Lipinski definition) is 5. The number of hydrogen-bond donors (Lipinski definition) is 1. The Morgan fingerprint density at radius 3 is 2.60 bits per heavy atom. The average Bonchev–Trinajstić information content (AvgIpc) is 2.36. The van der Waals surface area contributed by atoms with Gasteiger partial charge in [-0.2, -0.15) is 4.98 Å². The van der Waals surface area contributed by atoms with Gasteiger partial charge in [0.25, 0.3) is 0 Å². The highest BCUT2D eigenvalue weighted by Gasteiger charge is 2.28. The Bertz CT molecular complexity index is 443. The molecule has 0 aromatic carbocycles. The third-order valence-electron chi connectivity index (χ3n) is 3.50. The summed E-state index contributed by atoms with van der Waals surface area (Å²) in [6.45, 7) is 6.31. The third-order valence-corrected chi connectivity index (χ3v) is 3.50. The lowest BCUT2D eigenvalue weighted by atomic mass is 9.83. The van der Waals surface area contributed by atoms with E-state index in [4.69, 9.17) is 15.2 Å². The van der Waals surface area contributed by atoms with Crippen LogP contribution in [0, 0.1) is 6.92 Å². The van der Waals surface area contributed by atoms with Gasteiger partial charge in [-0.25, -0.2) is 4.98 Å². The lowest BCUT2D eigenvalue weighted by Gasteiger charge is -2.32. The van der Waals surface area contributed by atoms with E-state index in [9.17, 15) is 0 Å². The molecule has 1 saturated carbocycles. The quantitative estimate of drug-likeness (QED) is 0.897. The number of rotatable bonds is 5. The Labute approximate surface area is 120 Å². The van der Waals surface area contributed by atoms with E-state index in [1.54, 1.807) is 0 Å². The minimum absolute atomic E-state index is 0.0799.